The molecule has 0 unspecified atom stereocenters. The number of aromatic nitrogens is 1. The Labute approximate surface area is 129 Å². The summed E-state index contributed by atoms with van der Waals surface area (Å²) in [4.78, 5) is 16.3. The van der Waals surface area contributed by atoms with Gasteiger partial charge in [0.1, 0.15) is 0 Å². The quantitative estimate of drug-likeness (QED) is 0.516. The number of benzene rings is 1. The molecule has 2 rings (SSSR count). The van der Waals surface area contributed by atoms with E-state index in [1.54, 1.807) is 6.20 Å². The van der Waals surface area contributed by atoms with Crippen LogP contribution in [0.1, 0.15) is 25.7 Å². The Balaban J connectivity index is 1.82. The lowest BCUT2D eigenvalue weighted by molar-refractivity contribution is -0.116. The van der Waals surface area contributed by atoms with E-state index in [2.05, 4.69) is 15.0 Å². The van der Waals surface area contributed by atoms with E-state index in [9.17, 15) is 4.79 Å². The molecule has 0 saturated carbocycles. The van der Waals surface area contributed by atoms with Gasteiger partial charge in [-0.3, -0.25) is 19.6 Å². The monoisotopic (exact) mass is 304 g/mol. The van der Waals surface area contributed by atoms with Crippen molar-refractivity contribution in [3.63, 3.8) is 0 Å². The molecular weight excluding hydrogens is 284 g/mol. The largest absolute Gasteiger partial charge is 0.324 e. The summed E-state index contributed by atoms with van der Waals surface area (Å²) >= 11 is 1.13. The van der Waals surface area contributed by atoms with Crippen molar-refractivity contribution in [2.45, 2.75) is 25.7 Å². The van der Waals surface area contributed by atoms with Gasteiger partial charge >= 0.3 is 0 Å². The lowest BCUT2D eigenvalue weighted by Crippen LogP contribution is -2.12. The van der Waals surface area contributed by atoms with E-state index in [1.165, 1.54) is 0 Å². The van der Waals surface area contributed by atoms with Crippen molar-refractivity contribution in [2.75, 3.05) is 11.9 Å². The average molecular weight is 304 g/mol. The van der Waals surface area contributed by atoms with Crippen LogP contribution in [0.2, 0.25) is 0 Å². The predicted molar refractivity (Wildman–Crippen MR) is 88.6 cm³/mol. The molecule has 0 atom stereocenters. The van der Waals surface area contributed by atoms with E-state index in [0.29, 0.717) is 6.42 Å². The number of carbonyl (C=O) groups excluding carboxylic acids is 1. The van der Waals surface area contributed by atoms with Gasteiger partial charge in [-0.1, -0.05) is 24.6 Å². The summed E-state index contributed by atoms with van der Waals surface area (Å²) < 4.78 is 2.98. The Kier molecular flexibility index (Phi) is 6.46. The van der Waals surface area contributed by atoms with Crippen LogP contribution in [0.5, 0.6) is 0 Å². The third-order valence-corrected chi connectivity index (χ3v) is 3.54. The Bertz CT molecular complexity index is 585. The number of unbranched alkanes of at least 4 members (excludes halogenated alkanes) is 2. The summed E-state index contributed by atoms with van der Waals surface area (Å²) in [6.07, 6.45) is 5.17. The molecule has 0 radical (unpaired) electrons. The van der Waals surface area contributed by atoms with Crippen molar-refractivity contribution < 1.29 is 4.79 Å². The first-order chi connectivity index (χ1) is 10.3. The van der Waals surface area contributed by atoms with Crippen LogP contribution in [-0.4, -0.2) is 17.4 Å². The number of hydrogen-bond donors (Lipinski definition) is 3. The van der Waals surface area contributed by atoms with E-state index >= 15 is 0 Å². The van der Waals surface area contributed by atoms with Gasteiger partial charge in [0.05, 0.1) is 11.2 Å². The molecule has 6 heteroatoms. The van der Waals surface area contributed by atoms with Crippen molar-refractivity contribution in [1.82, 2.24) is 9.71 Å². The molecule has 1 aromatic carbocycles. The van der Waals surface area contributed by atoms with Crippen LogP contribution < -0.4 is 15.2 Å². The molecule has 0 bridgehead atoms. The zero-order chi connectivity index (χ0) is 14.9. The van der Waals surface area contributed by atoms with Gasteiger partial charge in [-0.25, -0.2) is 0 Å². The summed E-state index contributed by atoms with van der Waals surface area (Å²) in [5.74, 6) is 0.0364. The van der Waals surface area contributed by atoms with E-state index in [-0.39, 0.29) is 5.91 Å². The molecule has 0 aliphatic heterocycles. The molecule has 0 saturated heterocycles. The third-order valence-electron chi connectivity index (χ3n) is 3.17. The number of carbonyl (C=O) groups is 1. The van der Waals surface area contributed by atoms with Gasteiger partial charge in [0.25, 0.3) is 0 Å². The molecule has 112 valence electrons. The maximum absolute atomic E-state index is 12.0. The second-order valence-corrected chi connectivity index (χ2v) is 5.28. The second-order valence-electron chi connectivity index (χ2n) is 4.75. The van der Waals surface area contributed by atoms with Gasteiger partial charge in [-0.05, 0) is 25.0 Å². The highest BCUT2D eigenvalue weighted by Gasteiger charge is 2.06. The van der Waals surface area contributed by atoms with Gasteiger partial charge in [-0.2, -0.15) is 0 Å². The first-order valence-electron chi connectivity index (χ1n) is 7.03. The summed E-state index contributed by atoms with van der Waals surface area (Å²) in [6, 6.07) is 9.67. The Morgan fingerprint density at radius 3 is 2.90 bits per heavy atom. The van der Waals surface area contributed by atoms with E-state index in [0.717, 1.165) is 54.5 Å². The number of hydrogen-bond acceptors (Lipinski definition) is 5. The lowest BCUT2D eigenvalue weighted by Gasteiger charge is -2.08. The molecule has 0 fully saturated rings. The first kappa shape index (κ1) is 15.8. The molecule has 2 aromatic rings. The number of anilines is 1. The molecule has 0 aliphatic rings. The fourth-order valence-corrected chi connectivity index (χ4v) is 2.40. The number of nitrogens with two attached hydrogens (primary N) is 1. The second kappa shape index (κ2) is 8.61. The van der Waals surface area contributed by atoms with Gasteiger partial charge < -0.3 is 5.32 Å². The fourth-order valence-electron chi connectivity index (χ4n) is 2.14. The minimum Gasteiger partial charge on any atom is -0.324 e. The summed E-state index contributed by atoms with van der Waals surface area (Å²) in [7, 11) is 0. The summed E-state index contributed by atoms with van der Waals surface area (Å²) in [6.45, 7) is 0.871. The Hall–Kier alpha value is -1.63. The SMILES string of the molecule is NSNCCCCCC(=O)Nc1cccc2cccnc12. The zero-order valence-electron chi connectivity index (χ0n) is 11.8. The fraction of sp³-hybridized carbons (Fsp3) is 0.333. The standard InChI is InChI=1S/C15H20N4OS/c16-21-18-11-3-1-2-9-14(20)19-13-8-4-6-12-7-5-10-17-15(12)13/h4-8,10,18H,1-3,9,11,16H2,(H,19,20). The van der Waals surface area contributed by atoms with Gasteiger partial charge in [0, 0.05) is 36.7 Å². The first-order valence-corrected chi connectivity index (χ1v) is 7.91. The van der Waals surface area contributed by atoms with Crippen molar-refractivity contribution >= 4 is 34.6 Å². The number of nitrogens with one attached hydrogen (secondary N) is 2. The van der Waals surface area contributed by atoms with Crippen LogP contribution in [0.15, 0.2) is 36.5 Å². The van der Waals surface area contributed by atoms with Crippen LogP contribution >= 0.6 is 12.1 Å². The van der Waals surface area contributed by atoms with Gasteiger partial charge in [-0.15, -0.1) is 0 Å². The van der Waals surface area contributed by atoms with Crippen molar-refractivity contribution in [3.05, 3.63) is 36.5 Å². The topological polar surface area (TPSA) is 80.0 Å². The molecule has 1 heterocycles. The smallest absolute Gasteiger partial charge is 0.224 e. The number of nitrogens with zero attached hydrogens (tertiary/aromatic N) is 1. The van der Waals surface area contributed by atoms with E-state index in [4.69, 9.17) is 5.14 Å². The highest BCUT2D eigenvalue weighted by Crippen LogP contribution is 2.20. The molecule has 21 heavy (non-hydrogen) atoms. The van der Waals surface area contributed by atoms with Crippen LogP contribution in [-0.2, 0) is 4.79 Å². The number of pyridine rings is 1. The van der Waals surface area contributed by atoms with Crippen LogP contribution in [0.3, 0.4) is 0 Å². The molecule has 0 spiro atoms. The van der Waals surface area contributed by atoms with Crippen LogP contribution in [0, 0.1) is 0 Å². The zero-order valence-corrected chi connectivity index (χ0v) is 12.7. The maximum Gasteiger partial charge on any atom is 0.224 e. The predicted octanol–water partition coefficient (Wildman–Crippen LogP) is 2.85. The van der Waals surface area contributed by atoms with Crippen molar-refractivity contribution in [2.24, 2.45) is 5.14 Å². The molecule has 0 aliphatic carbocycles. The Morgan fingerprint density at radius 1 is 1.19 bits per heavy atom. The normalized spacial score (nSPS) is 10.7. The summed E-state index contributed by atoms with van der Waals surface area (Å²) in [5.41, 5.74) is 1.61. The van der Waals surface area contributed by atoms with Gasteiger partial charge in [0.15, 0.2) is 0 Å². The minimum absolute atomic E-state index is 0.0364. The number of rotatable bonds is 8. The van der Waals surface area contributed by atoms with E-state index < -0.39 is 0 Å². The minimum atomic E-state index is 0.0364. The Morgan fingerprint density at radius 2 is 2.05 bits per heavy atom. The van der Waals surface area contributed by atoms with Crippen LogP contribution in [0.25, 0.3) is 10.9 Å². The van der Waals surface area contributed by atoms with Gasteiger partial charge in [0.2, 0.25) is 5.91 Å². The summed E-state index contributed by atoms with van der Waals surface area (Å²) in [5, 5.41) is 9.23. The molecule has 5 nitrogen and oxygen atoms in total. The molecule has 4 N–H and O–H groups in total. The highest BCUT2D eigenvalue weighted by atomic mass is 32.2. The number of para-hydroxylation sites is 1. The van der Waals surface area contributed by atoms with Crippen molar-refractivity contribution in [3.8, 4) is 0 Å². The highest BCUT2D eigenvalue weighted by molar-refractivity contribution is 7.95. The molecule has 1 amide bonds. The molecular formula is C15H20N4OS. The average Bonchev–Trinajstić information content (AvgIpc) is 2.51. The van der Waals surface area contributed by atoms with Crippen molar-refractivity contribution in [1.29, 1.82) is 0 Å². The third kappa shape index (κ3) is 5.00. The molecule has 1 aromatic heterocycles. The maximum atomic E-state index is 12.0. The van der Waals surface area contributed by atoms with E-state index in [1.807, 2.05) is 30.3 Å². The van der Waals surface area contributed by atoms with Crippen LogP contribution in [0.4, 0.5) is 5.69 Å². The lowest BCUT2D eigenvalue weighted by atomic mass is 10.1. The number of amides is 1. The number of fused-ring (bicyclic) bond motifs is 1.